The second-order valence-corrected chi connectivity index (χ2v) is 4.65. The maximum absolute atomic E-state index is 13.2. The molecule has 1 unspecified atom stereocenters. The molecule has 5 heteroatoms. The van der Waals surface area contributed by atoms with Gasteiger partial charge in [0.1, 0.15) is 5.82 Å². The standard InChI is InChI=1S/C11H15BFNO2/c1-7-11(2,3)16-12(15-7)8-4-9(13)6-10(14)5-8/h4-7H,14H2,1-3H3. The van der Waals surface area contributed by atoms with Crippen LogP contribution in [0.5, 0.6) is 0 Å². The van der Waals surface area contributed by atoms with E-state index >= 15 is 0 Å². The molecule has 1 heterocycles. The molecule has 1 aliphatic rings. The molecule has 0 radical (unpaired) electrons. The first-order valence-corrected chi connectivity index (χ1v) is 5.28. The Hall–Kier alpha value is -1.07. The highest BCUT2D eigenvalue weighted by atomic mass is 19.1. The van der Waals surface area contributed by atoms with E-state index in [1.165, 1.54) is 12.1 Å². The molecular formula is C11H15BFNO2. The predicted molar refractivity (Wildman–Crippen MR) is 61.9 cm³/mol. The van der Waals surface area contributed by atoms with E-state index in [9.17, 15) is 4.39 Å². The number of rotatable bonds is 1. The fraction of sp³-hybridized carbons (Fsp3) is 0.455. The summed E-state index contributed by atoms with van der Waals surface area (Å²) in [4.78, 5) is 0. The highest BCUT2D eigenvalue weighted by Gasteiger charge is 2.43. The van der Waals surface area contributed by atoms with Gasteiger partial charge in [0.25, 0.3) is 0 Å². The van der Waals surface area contributed by atoms with Gasteiger partial charge >= 0.3 is 7.12 Å². The summed E-state index contributed by atoms with van der Waals surface area (Å²) in [5, 5.41) is 0. The minimum Gasteiger partial charge on any atom is -0.402 e. The molecule has 86 valence electrons. The zero-order valence-electron chi connectivity index (χ0n) is 9.66. The van der Waals surface area contributed by atoms with Crippen molar-refractivity contribution in [1.82, 2.24) is 0 Å². The number of hydrogen-bond acceptors (Lipinski definition) is 3. The summed E-state index contributed by atoms with van der Waals surface area (Å²) in [5.41, 5.74) is 6.20. The summed E-state index contributed by atoms with van der Waals surface area (Å²) in [6, 6.07) is 4.32. The molecule has 3 nitrogen and oxygen atoms in total. The summed E-state index contributed by atoms with van der Waals surface area (Å²) in [7, 11) is -0.539. The molecule has 0 spiro atoms. The minimum absolute atomic E-state index is 0.0398. The van der Waals surface area contributed by atoms with Crippen LogP contribution in [0.15, 0.2) is 18.2 Å². The van der Waals surface area contributed by atoms with Gasteiger partial charge in [-0.05, 0) is 44.4 Å². The van der Waals surface area contributed by atoms with Crippen LogP contribution in [-0.4, -0.2) is 18.8 Å². The van der Waals surface area contributed by atoms with E-state index in [0.717, 1.165) is 0 Å². The smallest absolute Gasteiger partial charge is 0.402 e. The number of nitrogens with two attached hydrogens (primary N) is 1. The Kier molecular flexibility index (Phi) is 2.68. The van der Waals surface area contributed by atoms with Crippen LogP contribution >= 0.6 is 0 Å². The van der Waals surface area contributed by atoms with Crippen LogP contribution in [0.2, 0.25) is 0 Å². The molecule has 2 N–H and O–H groups in total. The van der Waals surface area contributed by atoms with Crippen LogP contribution < -0.4 is 11.2 Å². The quantitative estimate of drug-likeness (QED) is 0.576. The predicted octanol–water partition coefficient (Wildman–Crippen LogP) is 1.32. The number of halogens is 1. The molecule has 16 heavy (non-hydrogen) atoms. The number of anilines is 1. The first-order valence-electron chi connectivity index (χ1n) is 5.28. The van der Waals surface area contributed by atoms with Crippen LogP contribution in [0, 0.1) is 5.82 Å². The van der Waals surface area contributed by atoms with Crippen LogP contribution in [0.1, 0.15) is 20.8 Å². The molecule has 1 aromatic carbocycles. The van der Waals surface area contributed by atoms with Gasteiger partial charge in [0, 0.05) is 5.69 Å². The average molecular weight is 223 g/mol. The van der Waals surface area contributed by atoms with Gasteiger partial charge in [0.05, 0.1) is 11.7 Å². The molecule has 0 aliphatic carbocycles. The van der Waals surface area contributed by atoms with Gasteiger partial charge in [-0.3, -0.25) is 0 Å². The second kappa shape index (κ2) is 3.75. The van der Waals surface area contributed by atoms with E-state index < -0.39 is 7.12 Å². The summed E-state index contributed by atoms with van der Waals surface area (Å²) in [6.07, 6.45) is -0.0398. The lowest BCUT2D eigenvalue weighted by molar-refractivity contribution is 0.0842. The summed E-state index contributed by atoms with van der Waals surface area (Å²) in [5.74, 6) is -0.375. The Bertz CT molecular complexity index is 391. The van der Waals surface area contributed by atoms with Crippen molar-refractivity contribution in [3.63, 3.8) is 0 Å². The first-order chi connectivity index (χ1) is 7.38. The SMILES string of the molecule is CC1OB(c2cc(N)cc(F)c2)OC1(C)C. The van der Waals surface area contributed by atoms with E-state index in [0.29, 0.717) is 11.2 Å². The molecule has 1 aromatic rings. The molecule has 1 aliphatic heterocycles. The van der Waals surface area contributed by atoms with Gasteiger partial charge < -0.3 is 15.0 Å². The Morgan fingerprint density at radius 2 is 2.06 bits per heavy atom. The molecule has 0 amide bonds. The first kappa shape index (κ1) is 11.4. The largest absolute Gasteiger partial charge is 0.494 e. The van der Waals surface area contributed by atoms with Crippen molar-refractivity contribution >= 4 is 18.3 Å². The number of hydrogen-bond donors (Lipinski definition) is 1. The highest BCUT2D eigenvalue weighted by Crippen LogP contribution is 2.27. The Labute approximate surface area is 94.9 Å². The fourth-order valence-corrected chi connectivity index (χ4v) is 1.67. The van der Waals surface area contributed by atoms with Crippen molar-refractivity contribution in [2.75, 3.05) is 5.73 Å². The van der Waals surface area contributed by atoms with Gasteiger partial charge in [-0.25, -0.2) is 4.39 Å². The Morgan fingerprint density at radius 3 is 2.56 bits per heavy atom. The highest BCUT2D eigenvalue weighted by molar-refractivity contribution is 6.62. The maximum atomic E-state index is 13.2. The van der Waals surface area contributed by atoms with Crippen molar-refractivity contribution in [3.05, 3.63) is 24.0 Å². The lowest BCUT2D eigenvalue weighted by Gasteiger charge is -2.21. The van der Waals surface area contributed by atoms with Crippen molar-refractivity contribution < 1.29 is 13.7 Å². The van der Waals surface area contributed by atoms with Gasteiger partial charge in [-0.15, -0.1) is 0 Å². The zero-order valence-corrected chi connectivity index (χ0v) is 9.66. The Balaban J connectivity index is 2.27. The van der Waals surface area contributed by atoms with Gasteiger partial charge in [0.15, 0.2) is 0 Å². The van der Waals surface area contributed by atoms with Crippen LogP contribution in [-0.2, 0) is 9.31 Å². The lowest BCUT2D eigenvalue weighted by Crippen LogP contribution is -2.35. The van der Waals surface area contributed by atoms with Crippen molar-refractivity contribution in [1.29, 1.82) is 0 Å². The van der Waals surface area contributed by atoms with Crippen molar-refractivity contribution in [2.45, 2.75) is 32.5 Å². The third kappa shape index (κ3) is 2.06. The van der Waals surface area contributed by atoms with Crippen molar-refractivity contribution in [2.24, 2.45) is 0 Å². The van der Waals surface area contributed by atoms with Crippen molar-refractivity contribution in [3.8, 4) is 0 Å². The van der Waals surface area contributed by atoms with Crippen LogP contribution in [0.25, 0.3) is 0 Å². The van der Waals surface area contributed by atoms with Crippen LogP contribution in [0.4, 0.5) is 10.1 Å². The molecule has 0 aromatic heterocycles. The van der Waals surface area contributed by atoms with E-state index in [2.05, 4.69) is 0 Å². The maximum Gasteiger partial charge on any atom is 0.494 e. The topological polar surface area (TPSA) is 44.5 Å². The van der Waals surface area contributed by atoms with Gasteiger partial charge in [-0.1, -0.05) is 0 Å². The molecular weight excluding hydrogens is 208 g/mol. The number of nitrogen functional groups attached to an aromatic ring is 1. The zero-order chi connectivity index (χ0) is 11.9. The second-order valence-electron chi connectivity index (χ2n) is 4.65. The third-order valence-corrected chi connectivity index (χ3v) is 2.93. The molecule has 2 rings (SSSR count). The minimum atomic E-state index is -0.539. The normalized spacial score (nSPS) is 23.8. The lowest BCUT2D eigenvalue weighted by atomic mass is 9.79. The third-order valence-electron chi connectivity index (χ3n) is 2.93. The average Bonchev–Trinajstić information content (AvgIpc) is 2.40. The monoisotopic (exact) mass is 223 g/mol. The van der Waals surface area contributed by atoms with Gasteiger partial charge in [-0.2, -0.15) is 0 Å². The summed E-state index contributed by atoms with van der Waals surface area (Å²) >= 11 is 0. The van der Waals surface area contributed by atoms with Crippen LogP contribution in [0.3, 0.4) is 0 Å². The van der Waals surface area contributed by atoms with E-state index in [4.69, 9.17) is 15.0 Å². The molecule has 1 saturated heterocycles. The molecule has 0 bridgehead atoms. The van der Waals surface area contributed by atoms with E-state index in [1.807, 2.05) is 20.8 Å². The molecule has 1 fully saturated rings. The summed E-state index contributed by atoms with van der Waals surface area (Å²) in [6.45, 7) is 5.82. The summed E-state index contributed by atoms with van der Waals surface area (Å²) < 4.78 is 24.5. The fourth-order valence-electron chi connectivity index (χ4n) is 1.67. The molecule has 0 saturated carbocycles. The number of benzene rings is 1. The molecule has 1 atom stereocenters. The Morgan fingerprint density at radius 1 is 1.38 bits per heavy atom. The van der Waals surface area contributed by atoms with E-state index in [-0.39, 0.29) is 17.5 Å². The van der Waals surface area contributed by atoms with Gasteiger partial charge in [0.2, 0.25) is 0 Å². The van der Waals surface area contributed by atoms with E-state index in [1.54, 1.807) is 6.07 Å².